The minimum Gasteiger partial charge on any atom is -0.494 e. The van der Waals surface area contributed by atoms with Gasteiger partial charge < -0.3 is 13.6 Å². The first kappa shape index (κ1) is 15.3. The Hall–Kier alpha value is -2.94. The van der Waals surface area contributed by atoms with Crippen molar-refractivity contribution in [2.45, 2.75) is 26.7 Å². The molecule has 0 fully saturated rings. The molecule has 0 aliphatic rings. The monoisotopic (exact) mass is 344 g/mol. The van der Waals surface area contributed by atoms with Gasteiger partial charge in [-0.3, -0.25) is 0 Å². The molecular weight excluding hydrogens is 324 g/mol. The van der Waals surface area contributed by atoms with Gasteiger partial charge in [-0.15, -0.1) is 0 Å². The zero-order valence-electron chi connectivity index (χ0n) is 15.0. The number of fused-ring (bicyclic) bond motifs is 6. The van der Waals surface area contributed by atoms with Gasteiger partial charge in [0.15, 0.2) is 0 Å². The molecule has 0 aliphatic carbocycles. The molecule has 0 aliphatic heterocycles. The minimum absolute atomic E-state index is 0.741. The van der Waals surface area contributed by atoms with Crippen LogP contribution in [0.1, 0.15) is 25.3 Å². The summed E-state index contributed by atoms with van der Waals surface area (Å²) in [4.78, 5) is 0. The molecule has 0 unspecified atom stereocenters. The van der Waals surface area contributed by atoms with Gasteiger partial charge >= 0.3 is 0 Å². The largest absolute Gasteiger partial charge is 0.494 e. The molecule has 0 bridgehead atoms. The molecule has 0 saturated carbocycles. The van der Waals surface area contributed by atoms with Gasteiger partial charge in [0.2, 0.25) is 0 Å². The summed E-state index contributed by atoms with van der Waals surface area (Å²) in [5, 5.41) is 4.34. The van der Waals surface area contributed by atoms with Crippen LogP contribution in [0.3, 0.4) is 0 Å². The number of hydrogen-bond donors (Lipinski definition) is 0. The van der Waals surface area contributed by atoms with Crippen molar-refractivity contribution in [2.24, 2.45) is 0 Å². The van der Waals surface area contributed by atoms with Gasteiger partial charge in [-0.2, -0.15) is 0 Å². The Kier molecular flexibility index (Phi) is 3.42. The van der Waals surface area contributed by atoms with Gasteiger partial charge in [0.1, 0.15) is 28.1 Å². The van der Waals surface area contributed by atoms with E-state index < -0.39 is 0 Å². The van der Waals surface area contributed by atoms with Gasteiger partial charge in [0, 0.05) is 21.5 Å². The van der Waals surface area contributed by atoms with Crippen molar-refractivity contribution >= 4 is 43.9 Å². The van der Waals surface area contributed by atoms with Crippen molar-refractivity contribution in [2.75, 3.05) is 6.61 Å². The van der Waals surface area contributed by atoms with Crippen molar-refractivity contribution in [3.63, 3.8) is 0 Å². The van der Waals surface area contributed by atoms with E-state index in [1.807, 2.05) is 18.2 Å². The Labute approximate surface area is 151 Å². The molecule has 3 nitrogen and oxygen atoms in total. The second kappa shape index (κ2) is 5.80. The summed E-state index contributed by atoms with van der Waals surface area (Å²) >= 11 is 0. The standard InChI is InChI=1S/C23H20O3/c1-3-4-9-24-15-6-8-21-17(11-15)19-13-22-18(12-23(19)26-21)16-10-14(2)5-7-20(16)25-22/h5-8,10-13H,3-4,9H2,1-2H3. The number of hydrogen-bond acceptors (Lipinski definition) is 3. The van der Waals surface area contributed by atoms with Crippen molar-refractivity contribution < 1.29 is 13.6 Å². The third-order valence-corrected chi connectivity index (χ3v) is 4.95. The van der Waals surface area contributed by atoms with E-state index >= 15 is 0 Å². The predicted molar refractivity (Wildman–Crippen MR) is 106 cm³/mol. The maximum atomic E-state index is 6.09. The second-order valence-corrected chi connectivity index (χ2v) is 6.91. The predicted octanol–water partition coefficient (Wildman–Crippen LogP) is 6.97. The highest BCUT2D eigenvalue weighted by atomic mass is 16.5. The SMILES string of the molecule is CCCCOc1ccc2oc3cc4c(cc3c2c1)oc1ccc(C)cc14. The number of benzene rings is 3. The number of aryl methyl sites for hydroxylation is 1. The summed E-state index contributed by atoms with van der Waals surface area (Å²) in [7, 11) is 0. The van der Waals surface area contributed by atoms with E-state index in [1.165, 1.54) is 5.56 Å². The fourth-order valence-corrected chi connectivity index (χ4v) is 3.56. The highest BCUT2D eigenvalue weighted by molar-refractivity contribution is 6.14. The fourth-order valence-electron chi connectivity index (χ4n) is 3.56. The van der Waals surface area contributed by atoms with Gasteiger partial charge in [-0.05, 0) is 55.8 Å². The van der Waals surface area contributed by atoms with Crippen LogP contribution in [0.4, 0.5) is 0 Å². The van der Waals surface area contributed by atoms with E-state index in [1.54, 1.807) is 0 Å². The first-order valence-electron chi connectivity index (χ1n) is 9.15. The van der Waals surface area contributed by atoms with E-state index in [-0.39, 0.29) is 0 Å². The van der Waals surface area contributed by atoms with Crippen LogP contribution in [0.2, 0.25) is 0 Å². The summed E-state index contributed by atoms with van der Waals surface area (Å²) in [5.41, 5.74) is 4.77. The zero-order valence-corrected chi connectivity index (χ0v) is 15.0. The fraction of sp³-hybridized carbons (Fsp3) is 0.217. The molecule has 0 amide bonds. The molecule has 3 heteroatoms. The zero-order chi connectivity index (χ0) is 17.7. The average molecular weight is 344 g/mol. The lowest BCUT2D eigenvalue weighted by Crippen LogP contribution is -1.95. The van der Waals surface area contributed by atoms with Gasteiger partial charge in [-0.1, -0.05) is 25.0 Å². The van der Waals surface area contributed by atoms with Crippen LogP contribution < -0.4 is 4.74 Å². The van der Waals surface area contributed by atoms with Gasteiger partial charge in [-0.25, -0.2) is 0 Å². The number of rotatable bonds is 4. The lowest BCUT2D eigenvalue weighted by atomic mass is 10.1. The van der Waals surface area contributed by atoms with Crippen molar-refractivity contribution in [1.82, 2.24) is 0 Å². The van der Waals surface area contributed by atoms with E-state index in [9.17, 15) is 0 Å². The molecule has 0 spiro atoms. The van der Waals surface area contributed by atoms with Crippen LogP contribution in [-0.2, 0) is 0 Å². The second-order valence-electron chi connectivity index (χ2n) is 6.91. The summed E-state index contributed by atoms with van der Waals surface area (Å²) < 4.78 is 18.0. The molecule has 26 heavy (non-hydrogen) atoms. The maximum Gasteiger partial charge on any atom is 0.136 e. The third kappa shape index (κ3) is 2.35. The Morgan fingerprint density at radius 1 is 0.731 bits per heavy atom. The molecule has 5 aromatic rings. The smallest absolute Gasteiger partial charge is 0.136 e. The molecule has 130 valence electrons. The Bertz CT molecular complexity index is 1260. The Morgan fingerprint density at radius 3 is 2.04 bits per heavy atom. The molecule has 5 rings (SSSR count). The van der Waals surface area contributed by atoms with Crippen molar-refractivity contribution in [3.05, 3.63) is 54.1 Å². The van der Waals surface area contributed by atoms with Crippen molar-refractivity contribution in [1.29, 1.82) is 0 Å². The quantitative estimate of drug-likeness (QED) is 0.330. The number of ether oxygens (including phenoxy) is 1. The van der Waals surface area contributed by atoms with E-state index in [4.69, 9.17) is 13.6 Å². The molecule has 2 aromatic heterocycles. The molecule has 0 radical (unpaired) electrons. The van der Waals surface area contributed by atoms with Gasteiger partial charge in [0.05, 0.1) is 6.61 Å². The molecule has 3 aromatic carbocycles. The van der Waals surface area contributed by atoms with Crippen LogP contribution in [-0.4, -0.2) is 6.61 Å². The van der Waals surface area contributed by atoms with Crippen molar-refractivity contribution in [3.8, 4) is 5.75 Å². The Morgan fingerprint density at radius 2 is 1.35 bits per heavy atom. The molecule has 2 heterocycles. The molecule has 0 N–H and O–H groups in total. The first-order chi connectivity index (χ1) is 12.7. The first-order valence-corrected chi connectivity index (χ1v) is 9.15. The number of furan rings is 2. The van der Waals surface area contributed by atoms with Crippen LogP contribution in [0.25, 0.3) is 43.9 Å². The maximum absolute atomic E-state index is 6.09. The van der Waals surface area contributed by atoms with Gasteiger partial charge in [0.25, 0.3) is 0 Å². The van der Waals surface area contributed by atoms with Crippen LogP contribution in [0, 0.1) is 6.92 Å². The average Bonchev–Trinajstić information content (AvgIpc) is 3.17. The molecule has 0 saturated heterocycles. The Balaban J connectivity index is 1.71. The van der Waals surface area contributed by atoms with Crippen LogP contribution in [0.5, 0.6) is 5.75 Å². The van der Waals surface area contributed by atoms with E-state index in [2.05, 4.69) is 44.2 Å². The molecular formula is C23H20O3. The summed E-state index contributed by atoms with van der Waals surface area (Å²) in [6.07, 6.45) is 2.18. The highest BCUT2D eigenvalue weighted by Gasteiger charge is 2.14. The summed E-state index contributed by atoms with van der Waals surface area (Å²) in [5.74, 6) is 0.883. The van der Waals surface area contributed by atoms with E-state index in [0.29, 0.717) is 0 Å². The molecule has 0 atom stereocenters. The number of unbranched alkanes of at least 4 members (excludes halogenated alkanes) is 1. The normalized spacial score (nSPS) is 11.9. The summed E-state index contributed by atoms with van der Waals surface area (Å²) in [6, 6.07) is 16.5. The van der Waals surface area contributed by atoms with Crippen LogP contribution >= 0.6 is 0 Å². The van der Waals surface area contributed by atoms with Crippen LogP contribution in [0.15, 0.2) is 57.4 Å². The highest BCUT2D eigenvalue weighted by Crippen LogP contribution is 2.37. The summed E-state index contributed by atoms with van der Waals surface area (Å²) in [6.45, 7) is 5.00. The topological polar surface area (TPSA) is 35.5 Å². The minimum atomic E-state index is 0.741. The third-order valence-electron chi connectivity index (χ3n) is 4.95. The lowest BCUT2D eigenvalue weighted by Gasteiger charge is -2.04. The lowest BCUT2D eigenvalue weighted by molar-refractivity contribution is 0.310. The van der Waals surface area contributed by atoms with E-state index in [0.717, 1.165) is 69.1 Å².